The van der Waals surface area contributed by atoms with Crippen LogP contribution in [0.5, 0.6) is 0 Å². The van der Waals surface area contributed by atoms with Crippen molar-refractivity contribution in [1.82, 2.24) is 9.88 Å². The topological polar surface area (TPSA) is 101 Å². The van der Waals surface area contributed by atoms with Crippen LogP contribution in [0, 0.1) is 5.92 Å². The first-order valence-electron chi connectivity index (χ1n) is 13.4. The van der Waals surface area contributed by atoms with E-state index in [1.807, 2.05) is 16.7 Å². The van der Waals surface area contributed by atoms with Gasteiger partial charge in [0, 0.05) is 53.9 Å². The summed E-state index contributed by atoms with van der Waals surface area (Å²) in [4.78, 5) is 27.8. The van der Waals surface area contributed by atoms with Crippen LogP contribution in [-0.4, -0.2) is 38.0 Å². The highest BCUT2D eigenvalue weighted by molar-refractivity contribution is 7.92. The Morgan fingerprint density at radius 2 is 1.74 bits per heavy atom. The predicted molar refractivity (Wildman–Crippen MR) is 152 cm³/mol. The number of nitrogens with one attached hydrogen (secondary N) is 2. The number of sulfonamides is 1. The SMILES string of the molecule is O=C(NC1CCCC1)c1ccc(N2CC3CC(C2)c2cccc(=O)n2C3)c(NS(=O)(=O)c2cccc(Cl)c2)c1. The molecule has 39 heavy (non-hydrogen) atoms. The Kier molecular flexibility index (Phi) is 6.89. The van der Waals surface area contributed by atoms with E-state index in [1.54, 1.807) is 36.4 Å². The quantitative estimate of drug-likeness (QED) is 0.454. The summed E-state index contributed by atoms with van der Waals surface area (Å²) in [6.07, 6.45) is 5.09. The van der Waals surface area contributed by atoms with Gasteiger partial charge >= 0.3 is 0 Å². The molecule has 1 aromatic heterocycles. The summed E-state index contributed by atoms with van der Waals surface area (Å²) in [5.41, 5.74) is 2.49. The Hall–Kier alpha value is -3.30. The average Bonchev–Trinajstić information content (AvgIpc) is 3.42. The lowest BCUT2D eigenvalue weighted by Crippen LogP contribution is -2.47. The lowest BCUT2D eigenvalue weighted by molar-refractivity contribution is 0.0938. The highest BCUT2D eigenvalue weighted by Gasteiger charge is 2.35. The molecule has 2 aromatic carbocycles. The lowest BCUT2D eigenvalue weighted by Gasteiger charge is -2.44. The molecule has 0 spiro atoms. The van der Waals surface area contributed by atoms with E-state index >= 15 is 0 Å². The number of nitrogens with zero attached hydrogens (tertiary/aromatic N) is 2. The molecule has 2 unspecified atom stereocenters. The summed E-state index contributed by atoms with van der Waals surface area (Å²) in [5.74, 6) is 0.189. The second-order valence-corrected chi connectivity index (χ2v) is 13.0. The van der Waals surface area contributed by atoms with Gasteiger partial charge in [-0.3, -0.25) is 14.3 Å². The predicted octanol–water partition coefficient (Wildman–Crippen LogP) is 4.60. The molecular weight excluding hydrogens is 536 g/mol. The summed E-state index contributed by atoms with van der Waals surface area (Å²) in [6.45, 7) is 1.95. The van der Waals surface area contributed by atoms with E-state index in [-0.39, 0.29) is 34.2 Å². The molecule has 6 rings (SSSR count). The number of benzene rings is 2. The van der Waals surface area contributed by atoms with Crippen LogP contribution in [0.1, 0.15) is 54.1 Å². The van der Waals surface area contributed by atoms with Crippen molar-refractivity contribution in [3.63, 3.8) is 0 Å². The van der Waals surface area contributed by atoms with E-state index in [4.69, 9.17) is 11.6 Å². The standard InChI is InChI=1S/C29H31ClN4O4S/c30-22-5-3-8-24(15-22)39(37,38)32-25-14-20(29(36)31-23-6-1-2-7-23)11-12-27(25)33-16-19-13-21(18-33)26-9-4-10-28(35)34(26)17-19/h3-5,8-12,14-15,19,21,23,32H,1-2,6-7,13,16-18H2,(H,31,36). The third-order valence-corrected chi connectivity index (χ3v) is 9.72. The van der Waals surface area contributed by atoms with Crippen LogP contribution in [0.25, 0.3) is 0 Å². The van der Waals surface area contributed by atoms with Crippen molar-refractivity contribution in [2.24, 2.45) is 5.92 Å². The number of amides is 1. The van der Waals surface area contributed by atoms with Gasteiger partial charge in [0.2, 0.25) is 0 Å². The van der Waals surface area contributed by atoms with Crippen molar-refractivity contribution in [3.8, 4) is 0 Å². The van der Waals surface area contributed by atoms with Crippen LogP contribution in [-0.2, 0) is 16.6 Å². The zero-order valence-electron chi connectivity index (χ0n) is 21.5. The van der Waals surface area contributed by atoms with Crippen LogP contribution >= 0.6 is 11.6 Å². The first-order chi connectivity index (χ1) is 18.8. The van der Waals surface area contributed by atoms with Gasteiger partial charge < -0.3 is 14.8 Å². The monoisotopic (exact) mass is 566 g/mol. The Morgan fingerprint density at radius 3 is 2.54 bits per heavy atom. The van der Waals surface area contributed by atoms with Gasteiger partial charge in [-0.1, -0.05) is 36.6 Å². The molecule has 204 valence electrons. The maximum Gasteiger partial charge on any atom is 0.262 e. The number of hydrogen-bond donors (Lipinski definition) is 2. The molecule has 1 amide bonds. The Morgan fingerprint density at radius 1 is 0.949 bits per heavy atom. The minimum absolute atomic E-state index is 0.0169. The number of aromatic nitrogens is 1. The number of pyridine rings is 1. The van der Waals surface area contributed by atoms with Crippen molar-refractivity contribution < 1.29 is 13.2 Å². The van der Waals surface area contributed by atoms with Crippen LogP contribution < -0.4 is 20.5 Å². The number of hydrogen-bond acceptors (Lipinski definition) is 5. The molecule has 1 saturated carbocycles. The minimum atomic E-state index is -3.97. The Balaban J connectivity index is 1.35. The maximum atomic E-state index is 13.4. The molecule has 10 heteroatoms. The van der Waals surface area contributed by atoms with E-state index < -0.39 is 10.0 Å². The van der Waals surface area contributed by atoms with Gasteiger partial charge in [0.1, 0.15) is 0 Å². The van der Waals surface area contributed by atoms with E-state index in [1.165, 1.54) is 12.1 Å². The summed E-state index contributed by atoms with van der Waals surface area (Å²) >= 11 is 6.08. The fraction of sp³-hybridized carbons (Fsp3) is 0.379. The number of carbonyl (C=O) groups is 1. The maximum absolute atomic E-state index is 13.4. The van der Waals surface area contributed by atoms with Crippen molar-refractivity contribution in [2.45, 2.75) is 55.5 Å². The third kappa shape index (κ3) is 5.30. The van der Waals surface area contributed by atoms with Crippen LogP contribution in [0.3, 0.4) is 0 Å². The van der Waals surface area contributed by atoms with E-state index in [0.29, 0.717) is 41.6 Å². The normalized spacial score (nSPS) is 20.9. The number of rotatable bonds is 6. The molecule has 1 aliphatic carbocycles. The zero-order chi connectivity index (χ0) is 27.1. The lowest BCUT2D eigenvalue weighted by atomic mass is 9.83. The summed E-state index contributed by atoms with van der Waals surface area (Å²) in [7, 11) is -3.97. The molecule has 2 N–H and O–H groups in total. The fourth-order valence-electron chi connectivity index (χ4n) is 6.30. The Labute approximate surface area is 233 Å². The summed E-state index contributed by atoms with van der Waals surface area (Å²) < 4.78 is 31.5. The van der Waals surface area contributed by atoms with Gasteiger partial charge in [0.05, 0.1) is 16.3 Å². The number of fused-ring (bicyclic) bond motifs is 4. The van der Waals surface area contributed by atoms with E-state index in [0.717, 1.165) is 37.8 Å². The highest BCUT2D eigenvalue weighted by Crippen LogP contribution is 2.40. The largest absolute Gasteiger partial charge is 0.369 e. The van der Waals surface area contributed by atoms with Gasteiger partial charge in [0.15, 0.2) is 0 Å². The van der Waals surface area contributed by atoms with Crippen LogP contribution in [0.4, 0.5) is 11.4 Å². The molecule has 2 atom stereocenters. The van der Waals surface area contributed by atoms with Crippen LogP contribution in [0.2, 0.25) is 5.02 Å². The number of halogens is 1. The molecule has 1 saturated heterocycles. The minimum Gasteiger partial charge on any atom is -0.369 e. The van der Waals surface area contributed by atoms with E-state index in [2.05, 4.69) is 14.9 Å². The molecule has 2 aliphatic heterocycles. The number of anilines is 2. The molecular formula is C29H31ClN4O4S. The molecule has 3 heterocycles. The van der Waals surface area contributed by atoms with Gasteiger partial charge in [-0.25, -0.2) is 8.42 Å². The molecule has 3 aliphatic rings. The van der Waals surface area contributed by atoms with Gasteiger partial charge in [-0.15, -0.1) is 0 Å². The first kappa shape index (κ1) is 26.0. The molecule has 2 fully saturated rings. The van der Waals surface area contributed by atoms with Gasteiger partial charge in [-0.05, 0) is 67.6 Å². The van der Waals surface area contributed by atoms with Crippen molar-refractivity contribution in [3.05, 3.63) is 87.3 Å². The summed E-state index contributed by atoms with van der Waals surface area (Å²) in [5, 5.41) is 3.41. The van der Waals surface area contributed by atoms with Crippen molar-refractivity contribution in [1.29, 1.82) is 0 Å². The molecule has 3 aromatic rings. The first-order valence-corrected chi connectivity index (χ1v) is 15.3. The van der Waals surface area contributed by atoms with E-state index in [9.17, 15) is 18.0 Å². The highest BCUT2D eigenvalue weighted by atomic mass is 35.5. The third-order valence-electron chi connectivity index (χ3n) is 8.12. The fourth-order valence-corrected chi connectivity index (χ4v) is 7.67. The number of carbonyl (C=O) groups excluding carboxylic acids is 1. The average molecular weight is 567 g/mol. The second-order valence-electron chi connectivity index (χ2n) is 10.9. The van der Waals surface area contributed by atoms with Gasteiger partial charge in [0.25, 0.3) is 21.5 Å². The van der Waals surface area contributed by atoms with Gasteiger partial charge in [-0.2, -0.15) is 0 Å². The number of piperidine rings is 1. The molecule has 8 nitrogen and oxygen atoms in total. The van der Waals surface area contributed by atoms with Crippen molar-refractivity contribution in [2.75, 3.05) is 22.7 Å². The second kappa shape index (κ2) is 10.4. The van der Waals surface area contributed by atoms with Crippen LogP contribution in [0.15, 0.2) is 70.4 Å². The summed E-state index contributed by atoms with van der Waals surface area (Å²) in [6, 6.07) is 16.9. The zero-order valence-corrected chi connectivity index (χ0v) is 23.0. The molecule has 0 radical (unpaired) electrons. The van der Waals surface area contributed by atoms with Crippen molar-refractivity contribution >= 4 is 38.9 Å². The molecule has 2 bridgehead atoms. The Bertz CT molecular complexity index is 1580. The smallest absolute Gasteiger partial charge is 0.262 e.